The van der Waals surface area contributed by atoms with Crippen molar-refractivity contribution in [3.63, 3.8) is 0 Å². The lowest BCUT2D eigenvalue weighted by Gasteiger charge is -2.15. The molecule has 3 aromatic heterocycles. The maximum absolute atomic E-state index is 6.65. The van der Waals surface area contributed by atoms with Crippen molar-refractivity contribution in [2.75, 3.05) is 10.6 Å². The molecule has 0 unspecified atom stereocenters. The van der Waals surface area contributed by atoms with Crippen molar-refractivity contribution < 1.29 is 0 Å². The summed E-state index contributed by atoms with van der Waals surface area (Å²) in [4.78, 5) is 9.43. The fourth-order valence-corrected chi connectivity index (χ4v) is 5.80. The lowest BCUT2D eigenvalue weighted by Crippen LogP contribution is -2.17. The molecule has 0 bridgehead atoms. The highest BCUT2D eigenvalue weighted by molar-refractivity contribution is 6.31. The average molecular weight is 507 g/mol. The van der Waals surface area contributed by atoms with E-state index in [2.05, 4.69) is 15.6 Å². The third-order valence-electron chi connectivity index (χ3n) is 7.10. The van der Waals surface area contributed by atoms with Gasteiger partial charge in [0, 0.05) is 33.9 Å². The summed E-state index contributed by atoms with van der Waals surface area (Å²) in [6, 6.07) is 14.5. The number of hydrogen-bond donors (Lipinski definition) is 2. The van der Waals surface area contributed by atoms with Crippen LogP contribution in [0.4, 0.5) is 11.8 Å². The lowest BCUT2D eigenvalue weighted by molar-refractivity contribution is 0.742. The Balaban J connectivity index is 1.51. The van der Waals surface area contributed by atoms with Gasteiger partial charge in [0.25, 0.3) is 0 Å². The number of nitrogens with one attached hydrogen (secondary N) is 2. The summed E-state index contributed by atoms with van der Waals surface area (Å²) in [5.74, 6) is 1.55. The number of hydrogen-bond acceptors (Lipinski definition) is 5. The van der Waals surface area contributed by atoms with E-state index in [0.29, 0.717) is 28.1 Å². The molecule has 0 amide bonds. The van der Waals surface area contributed by atoms with E-state index in [0.717, 1.165) is 59.5 Å². The third-order valence-corrected chi connectivity index (χ3v) is 7.56. The summed E-state index contributed by atoms with van der Waals surface area (Å²) in [6.45, 7) is 0. The molecule has 2 fully saturated rings. The number of halogens is 2. The van der Waals surface area contributed by atoms with Crippen LogP contribution in [0.5, 0.6) is 0 Å². The first-order valence-corrected chi connectivity index (χ1v) is 13.2. The van der Waals surface area contributed by atoms with Gasteiger partial charge < -0.3 is 10.6 Å². The van der Waals surface area contributed by atoms with Gasteiger partial charge in [0.15, 0.2) is 0 Å². The second-order valence-electron chi connectivity index (χ2n) is 9.61. The Morgan fingerprint density at radius 1 is 0.829 bits per heavy atom. The van der Waals surface area contributed by atoms with Gasteiger partial charge in [-0.15, -0.1) is 0 Å². The fraction of sp³-hybridized carbons (Fsp3) is 0.370. The van der Waals surface area contributed by atoms with Crippen molar-refractivity contribution in [2.24, 2.45) is 0 Å². The molecule has 2 aliphatic rings. The Morgan fingerprint density at radius 2 is 1.57 bits per heavy atom. The van der Waals surface area contributed by atoms with Crippen LogP contribution in [0, 0.1) is 0 Å². The van der Waals surface area contributed by atoms with Crippen LogP contribution in [0.2, 0.25) is 10.0 Å². The zero-order valence-electron chi connectivity index (χ0n) is 19.5. The molecule has 0 spiro atoms. The molecular weight excluding hydrogens is 479 g/mol. The number of anilines is 2. The van der Waals surface area contributed by atoms with Gasteiger partial charge in [-0.25, -0.2) is 14.5 Å². The largest absolute Gasteiger partial charge is 0.367 e. The zero-order valence-corrected chi connectivity index (χ0v) is 21.0. The minimum absolute atomic E-state index is 0.429. The predicted octanol–water partition coefficient (Wildman–Crippen LogP) is 7.47. The first-order valence-electron chi connectivity index (χ1n) is 12.5. The maximum atomic E-state index is 6.65. The summed E-state index contributed by atoms with van der Waals surface area (Å²) in [6.07, 6.45) is 11.4. The molecule has 3 heterocycles. The van der Waals surface area contributed by atoms with Crippen LogP contribution in [0.1, 0.15) is 51.4 Å². The Labute approximate surface area is 215 Å². The average Bonchev–Trinajstić information content (AvgIpc) is 3.61. The van der Waals surface area contributed by atoms with Crippen molar-refractivity contribution in [2.45, 2.75) is 63.5 Å². The molecule has 4 aromatic rings. The molecule has 2 aliphatic carbocycles. The summed E-state index contributed by atoms with van der Waals surface area (Å²) < 4.78 is 1.96. The number of aromatic nitrogens is 4. The molecule has 0 saturated heterocycles. The van der Waals surface area contributed by atoms with Crippen molar-refractivity contribution in [1.29, 1.82) is 0 Å². The van der Waals surface area contributed by atoms with Crippen molar-refractivity contribution >= 4 is 40.5 Å². The topological polar surface area (TPSA) is 67.1 Å². The van der Waals surface area contributed by atoms with Crippen LogP contribution in [-0.4, -0.2) is 31.7 Å². The van der Waals surface area contributed by atoms with E-state index in [4.69, 9.17) is 33.3 Å². The van der Waals surface area contributed by atoms with Gasteiger partial charge in [0.2, 0.25) is 5.95 Å². The normalized spacial score (nSPS) is 16.9. The highest BCUT2D eigenvalue weighted by atomic mass is 35.5. The number of rotatable bonds is 6. The van der Waals surface area contributed by atoms with Gasteiger partial charge in [0.1, 0.15) is 11.5 Å². The standard InChI is InChI=1S/C27H28Cl2N6/c28-18-7-5-6-17(14-18)26-25(22-12-13-30-27(33-22)32-21-10-3-4-11-21)23-15-19(29)16-24(35(23)34-26)31-20-8-1-2-9-20/h5-7,12-16,20-21,31H,1-4,8-11H2,(H,30,32,33). The van der Waals surface area contributed by atoms with Crippen LogP contribution < -0.4 is 10.6 Å². The SMILES string of the molecule is Clc1cccc(-c2nn3c(NC4CCCC4)cc(Cl)cc3c2-c2ccnc(NC3CCCC3)n2)c1. The van der Waals surface area contributed by atoms with E-state index >= 15 is 0 Å². The first-order chi connectivity index (χ1) is 17.1. The van der Waals surface area contributed by atoms with Crippen molar-refractivity contribution in [1.82, 2.24) is 19.6 Å². The van der Waals surface area contributed by atoms with E-state index in [1.54, 1.807) is 0 Å². The van der Waals surface area contributed by atoms with Crippen LogP contribution >= 0.6 is 23.2 Å². The summed E-state index contributed by atoms with van der Waals surface area (Å²) >= 11 is 13.0. The Bertz CT molecular complexity index is 1360. The summed E-state index contributed by atoms with van der Waals surface area (Å²) in [5.41, 5.74) is 4.37. The minimum atomic E-state index is 0.429. The van der Waals surface area contributed by atoms with Crippen molar-refractivity contribution in [3.8, 4) is 22.5 Å². The Morgan fingerprint density at radius 3 is 2.31 bits per heavy atom. The van der Waals surface area contributed by atoms with Gasteiger partial charge in [-0.2, -0.15) is 5.10 Å². The fourth-order valence-electron chi connectivity index (χ4n) is 5.40. The molecule has 0 atom stereocenters. The molecule has 6 nitrogen and oxygen atoms in total. The quantitative estimate of drug-likeness (QED) is 0.283. The molecule has 1 aromatic carbocycles. The van der Waals surface area contributed by atoms with Crippen LogP contribution in [0.15, 0.2) is 48.7 Å². The molecule has 2 N–H and O–H groups in total. The summed E-state index contributed by atoms with van der Waals surface area (Å²) in [5, 5.41) is 13.6. The smallest absolute Gasteiger partial charge is 0.223 e. The maximum Gasteiger partial charge on any atom is 0.223 e. The van der Waals surface area contributed by atoms with Crippen LogP contribution in [0.3, 0.4) is 0 Å². The molecule has 0 radical (unpaired) electrons. The molecule has 0 aliphatic heterocycles. The Kier molecular flexibility index (Phi) is 6.25. The third kappa shape index (κ3) is 4.69. The number of benzene rings is 1. The number of fused-ring (bicyclic) bond motifs is 1. The second-order valence-corrected chi connectivity index (χ2v) is 10.5. The molecule has 35 heavy (non-hydrogen) atoms. The van der Waals surface area contributed by atoms with E-state index in [9.17, 15) is 0 Å². The van der Waals surface area contributed by atoms with E-state index < -0.39 is 0 Å². The molecule has 2 saturated carbocycles. The van der Waals surface area contributed by atoms with Crippen LogP contribution in [0.25, 0.3) is 28.0 Å². The van der Waals surface area contributed by atoms with E-state index in [1.165, 1.54) is 25.7 Å². The van der Waals surface area contributed by atoms with E-state index in [1.807, 2.05) is 53.2 Å². The molecular formula is C27H28Cl2N6. The molecule has 180 valence electrons. The van der Waals surface area contributed by atoms with Crippen molar-refractivity contribution in [3.05, 3.63) is 58.7 Å². The monoisotopic (exact) mass is 506 g/mol. The van der Waals surface area contributed by atoms with Gasteiger partial charge in [-0.3, -0.25) is 0 Å². The van der Waals surface area contributed by atoms with Gasteiger partial charge in [0.05, 0.1) is 16.8 Å². The number of pyridine rings is 1. The predicted molar refractivity (Wildman–Crippen MR) is 143 cm³/mol. The molecule has 8 heteroatoms. The number of nitrogens with zero attached hydrogens (tertiary/aromatic N) is 4. The Hall–Kier alpha value is -2.83. The van der Waals surface area contributed by atoms with E-state index in [-0.39, 0.29) is 0 Å². The molecule has 6 rings (SSSR count). The van der Waals surface area contributed by atoms with Crippen LogP contribution in [-0.2, 0) is 0 Å². The van der Waals surface area contributed by atoms with Gasteiger partial charge in [-0.1, -0.05) is 61.0 Å². The first kappa shape index (κ1) is 22.6. The second kappa shape index (κ2) is 9.67. The highest BCUT2D eigenvalue weighted by Gasteiger charge is 2.23. The zero-order chi connectivity index (χ0) is 23.8. The highest BCUT2D eigenvalue weighted by Crippen LogP contribution is 2.38. The van der Waals surface area contributed by atoms with Gasteiger partial charge >= 0.3 is 0 Å². The lowest BCUT2D eigenvalue weighted by atomic mass is 10.0. The summed E-state index contributed by atoms with van der Waals surface area (Å²) in [7, 11) is 0. The van der Waals surface area contributed by atoms with Gasteiger partial charge in [-0.05, 0) is 56.0 Å². The minimum Gasteiger partial charge on any atom is -0.367 e.